The Morgan fingerprint density at radius 1 is 1.04 bits per heavy atom. The predicted octanol–water partition coefficient (Wildman–Crippen LogP) is 3.85. The van der Waals surface area contributed by atoms with Crippen molar-refractivity contribution in [3.8, 4) is 0 Å². The number of hydrogen-bond donors (Lipinski definition) is 1. The van der Waals surface area contributed by atoms with Crippen LogP contribution in [0.4, 0.5) is 20.6 Å². The molecule has 0 radical (unpaired) electrons. The molecule has 0 spiro atoms. The van der Waals surface area contributed by atoms with Crippen LogP contribution in [-0.2, 0) is 18.0 Å². The minimum atomic E-state index is -0.356. The van der Waals surface area contributed by atoms with E-state index in [2.05, 4.69) is 10.5 Å². The summed E-state index contributed by atoms with van der Waals surface area (Å²) < 4.78 is 13.1. The number of aromatic nitrogens is 1. The van der Waals surface area contributed by atoms with Gasteiger partial charge in [0.25, 0.3) is 0 Å². The van der Waals surface area contributed by atoms with Crippen molar-refractivity contribution < 1.29 is 14.0 Å². The van der Waals surface area contributed by atoms with E-state index < -0.39 is 0 Å². The number of anilines is 2. The monoisotopic (exact) mass is 378 g/mol. The highest BCUT2D eigenvalue weighted by Gasteiger charge is 2.30. The molecule has 2 aromatic carbocycles. The molecule has 2 amide bonds. The molecule has 6 nitrogen and oxygen atoms in total. The number of halogens is 1. The first-order chi connectivity index (χ1) is 13.7. The summed E-state index contributed by atoms with van der Waals surface area (Å²) in [5.74, 6) is -0.274. The molecule has 0 atom stereocenters. The third-order valence-corrected chi connectivity index (χ3v) is 4.49. The van der Waals surface area contributed by atoms with Gasteiger partial charge in [-0.2, -0.15) is 0 Å². The van der Waals surface area contributed by atoms with E-state index in [1.165, 1.54) is 12.1 Å². The second-order valence-corrected chi connectivity index (χ2v) is 6.44. The van der Waals surface area contributed by atoms with Crippen LogP contribution in [0.1, 0.15) is 11.1 Å². The van der Waals surface area contributed by atoms with Gasteiger partial charge in [0.15, 0.2) is 0 Å². The van der Waals surface area contributed by atoms with Gasteiger partial charge in [-0.3, -0.25) is 14.7 Å². The average Bonchev–Trinajstić information content (AvgIpc) is 3.09. The summed E-state index contributed by atoms with van der Waals surface area (Å²) >= 11 is 0. The van der Waals surface area contributed by atoms with Crippen LogP contribution in [-0.4, -0.2) is 17.7 Å². The molecule has 142 valence electrons. The van der Waals surface area contributed by atoms with Crippen molar-refractivity contribution in [1.82, 2.24) is 10.5 Å². The molecule has 1 aliphatic rings. The maximum atomic E-state index is 13.1. The molecule has 3 aromatic rings. The van der Waals surface area contributed by atoms with E-state index in [-0.39, 0.29) is 18.5 Å². The molecule has 1 aliphatic heterocycles. The van der Waals surface area contributed by atoms with Crippen molar-refractivity contribution in [2.75, 3.05) is 16.5 Å². The first-order valence-corrected chi connectivity index (χ1v) is 8.87. The van der Waals surface area contributed by atoms with Crippen LogP contribution in [0.25, 0.3) is 0 Å². The zero-order valence-corrected chi connectivity index (χ0v) is 15.1. The Kier molecular flexibility index (Phi) is 5.16. The van der Waals surface area contributed by atoms with E-state index >= 15 is 0 Å². The summed E-state index contributed by atoms with van der Waals surface area (Å²) in [6.45, 7) is 1.16. The molecule has 28 heavy (non-hydrogen) atoms. The number of fused-ring (bicyclic) bond motifs is 1. The summed E-state index contributed by atoms with van der Waals surface area (Å²) in [6, 6.07) is 17.4. The molecule has 0 unspecified atom stereocenters. The second-order valence-electron chi connectivity index (χ2n) is 6.44. The Balaban J connectivity index is 1.43. The quantitative estimate of drug-likeness (QED) is 0.686. The third kappa shape index (κ3) is 3.94. The van der Waals surface area contributed by atoms with Crippen LogP contribution in [0.15, 0.2) is 73.1 Å². The van der Waals surface area contributed by atoms with Gasteiger partial charge in [0.2, 0.25) is 0 Å². The van der Waals surface area contributed by atoms with Gasteiger partial charge in [-0.1, -0.05) is 42.5 Å². The van der Waals surface area contributed by atoms with Crippen molar-refractivity contribution in [2.45, 2.75) is 13.2 Å². The van der Waals surface area contributed by atoms with Gasteiger partial charge in [-0.05, 0) is 29.3 Å². The molecule has 1 aromatic heterocycles. The zero-order valence-electron chi connectivity index (χ0n) is 15.1. The van der Waals surface area contributed by atoms with Gasteiger partial charge in [-0.25, -0.2) is 14.7 Å². The number of nitrogens with zero attached hydrogens (tertiary/aromatic N) is 3. The van der Waals surface area contributed by atoms with Crippen LogP contribution < -0.4 is 15.3 Å². The maximum Gasteiger partial charge on any atom is 0.347 e. The first kappa shape index (κ1) is 17.9. The lowest BCUT2D eigenvalue weighted by molar-refractivity contribution is 0.0514. The molecular weight excluding hydrogens is 359 g/mol. The first-order valence-electron chi connectivity index (χ1n) is 8.87. The van der Waals surface area contributed by atoms with Crippen LogP contribution >= 0.6 is 0 Å². The smallest absolute Gasteiger partial charge is 0.346 e. The number of benzene rings is 2. The number of nitrogens with one attached hydrogen (secondary N) is 1. The number of amides is 2. The van der Waals surface area contributed by atoms with Gasteiger partial charge >= 0.3 is 6.03 Å². The highest BCUT2D eigenvalue weighted by Crippen LogP contribution is 2.35. The fourth-order valence-electron chi connectivity index (χ4n) is 3.10. The lowest BCUT2D eigenvalue weighted by atomic mass is 10.2. The summed E-state index contributed by atoms with van der Waals surface area (Å²) in [7, 11) is 0. The number of hydrogen-bond acceptors (Lipinski definition) is 4. The Morgan fingerprint density at radius 3 is 2.61 bits per heavy atom. The molecule has 7 heteroatoms. The molecule has 0 saturated carbocycles. The van der Waals surface area contributed by atoms with Gasteiger partial charge < -0.3 is 4.90 Å². The number of carbonyl (C=O) groups is 1. The Bertz CT molecular complexity index is 950. The summed E-state index contributed by atoms with van der Waals surface area (Å²) in [4.78, 5) is 25.8. The minimum Gasteiger partial charge on any atom is -0.346 e. The number of urea groups is 1. The fourth-order valence-corrected chi connectivity index (χ4v) is 3.10. The molecule has 0 saturated heterocycles. The Hall–Kier alpha value is -3.45. The van der Waals surface area contributed by atoms with Gasteiger partial charge in [0.1, 0.15) is 12.5 Å². The lowest BCUT2D eigenvalue weighted by Crippen LogP contribution is -2.42. The Morgan fingerprint density at radius 2 is 1.82 bits per heavy atom. The number of pyridine rings is 1. The predicted molar refractivity (Wildman–Crippen MR) is 104 cm³/mol. The largest absolute Gasteiger partial charge is 0.347 e. The summed E-state index contributed by atoms with van der Waals surface area (Å²) in [6.07, 6.45) is 3.36. The average molecular weight is 378 g/mol. The molecule has 0 fully saturated rings. The summed E-state index contributed by atoms with van der Waals surface area (Å²) in [5, 5.41) is 0. The van der Waals surface area contributed by atoms with Gasteiger partial charge in [-0.15, -0.1) is 0 Å². The third-order valence-electron chi connectivity index (χ3n) is 4.49. The highest BCUT2D eigenvalue weighted by atomic mass is 19.1. The molecular formula is C21H19FN4O2. The van der Waals surface area contributed by atoms with Crippen molar-refractivity contribution in [3.63, 3.8) is 0 Å². The second kappa shape index (κ2) is 8.06. The van der Waals surface area contributed by atoms with Gasteiger partial charge in [0, 0.05) is 12.7 Å². The molecule has 0 bridgehead atoms. The Labute approximate surface area is 162 Å². The van der Waals surface area contributed by atoms with E-state index in [0.717, 1.165) is 22.5 Å². The van der Waals surface area contributed by atoms with Crippen LogP contribution in [0.3, 0.4) is 0 Å². The number of carbonyl (C=O) groups excluding carboxylic acids is 1. The number of rotatable bonds is 5. The van der Waals surface area contributed by atoms with Crippen molar-refractivity contribution in [3.05, 3.63) is 90.0 Å². The highest BCUT2D eigenvalue weighted by molar-refractivity contribution is 5.97. The molecule has 0 aliphatic carbocycles. The van der Waals surface area contributed by atoms with Gasteiger partial charge in [0.05, 0.1) is 24.2 Å². The van der Waals surface area contributed by atoms with Crippen molar-refractivity contribution in [1.29, 1.82) is 0 Å². The SMILES string of the molecule is O=C(NOCc1ccccc1)N1CN(Cc2ccc(F)cc2)c2cnccc21. The maximum absolute atomic E-state index is 13.1. The zero-order chi connectivity index (χ0) is 19.3. The van der Waals surface area contributed by atoms with Crippen molar-refractivity contribution >= 4 is 17.4 Å². The summed E-state index contributed by atoms with van der Waals surface area (Å²) in [5.41, 5.74) is 5.99. The van der Waals surface area contributed by atoms with E-state index in [4.69, 9.17) is 4.84 Å². The van der Waals surface area contributed by atoms with Crippen LogP contribution in [0.5, 0.6) is 0 Å². The molecule has 2 heterocycles. The van der Waals surface area contributed by atoms with Crippen molar-refractivity contribution in [2.24, 2.45) is 0 Å². The fraction of sp³-hybridized carbons (Fsp3) is 0.143. The normalized spacial score (nSPS) is 12.8. The van der Waals surface area contributed by atoms with E-state index in [0.29, 0.717) is 13.2 Å². The van der Waals surface area contributed by atoms with E-state index in [1.54, 1.807) is 35.5 Å². The van der Waals surface area contributed by atoms with E-state index in [1.807, 2.05) is 35.2 Å². The lowest BCUT2D eigenvalue weighted by Gasteiger charge is -2.20. The standard InChI is InChI=1S/C21H19FN4O2/c22-18-8-6-16(7-9-18)13-25-15-26(19-10-11-23-12-20(19)25)21(27)24-28-14-17-4-2-1-3-5-17/h1-12H,13-15H2,(H,24,27). The molecule has 1 N–H and O–H groups in total. The van der Waals surface area contributed by atoms with E-state index in [9.17, 15) is 9.18 Å². The molecule has 4 rings (SSSR count). The topological polar surface area (TPSA) is 57.7 Å². The minimum absolute atomic E-state index is 0.274. The van der Waals surface area contributed by atoms with Crippen LogP contribution in [0, 0.1) is 5.82 Å². The van der Waals surface area contributed by atoms with Crippen LogP contribution in [0.2, 0.25) is 0 Å². The number of hydroxylamine groups is 1.